The topological polar surface area (TPSA) is 12.0 Å². The van der Waals surface area contributed by atoms with Crippen LogP contribution in [0.1, 0.15) is 10.8 Å². The van der Waals surface area contributed by atoms with E-state index >= 15 is 0 Å². The van der Waals surface area contributed by atoms with Crippen LogP contribution >= 0.6 is 11.8 Å². The third-order valence-electron chi connectivity index (χ3n) is 2.34. The first-order chi connectivity index (χ1) is 7.20. The summed E-state index contributed by atoms with van der Waals surface area (Å²) in [5.41, 5.74) is 0.242. The number of hydrogen-bond acceptors (Lipinski definition) is 2. The van der Waals surface area contributed by atoms with E-state index in [1.54, 1.807) is 11.8 Å². The third-order valence-corrected chi connectivity index (χ3v) is 3.60. The van der Waals surface area contributed by atoms with Gasteiger partial charge in [0.05, 0.1) is 0 Å². The van der Waals surface area contributed by atoms with Crippen LogP contribution in [-0.2, 0) is 0 Å². The Morgan fingerprint density at radius 2 is 2.00 bits per heavy atom. The van der Waals surface area contributed by atoms with Crippen LogP contribution in [0.4, 0.5) is 13.2 Å². The van der Waals surface area contributed by atoms with Crippen molar-refractivity contribution in [1.82, 2.24) is 5.32 Å². The lowest BCUT2D eigenvalue weighted by Gasteiger charge is -2.23. The van der Waals surface area contributed by atoms with Crippen molar-refractivity contribution in [1.29, 1.82) is 0 Å². The number of nitrogens with one attached hydrogen (secondary N) is 1. The fourth-order valence-electron chi connectivity index (χ4n) is 1.55. The highest BCUT2D eigenvalue weighted by Crippen LogP contribution is 2.32. The van der Waals surface area contributed by atoms with Gasteiger partial charge in [-0.05, 0) is 6.07 Å². The van der Waals surface area contributed by atoms with E-state index in [2.05, 4.69) is 5.32 Å². The van der Waals surface area contributed by atoms with Gasteiger partial charge in [0.15, 0.2) is 17.5 Å². The van der Waals surface area contributed by atoms with Gasteiger partial charge in [0.2, 0.25) is 0 Å². The van der Waals surface area contributed by atoms with Crippen LogP contribution in [0.3, 0.4) is 0 Å². The number of benzene rings is 1. The molecular formula is C10H10F3NS. The molecule has 0 radical (unpaired) electrons. The second kappa shape index (κ2) is 4.45. The van der Waals surface area contributed by atoms with Gasteiger partial charge in [0, 0.05) is 29.7 Å². The molecule has 0 aromatic heterocycles. The first-order valence-electron chi connectivity index (χ1n) is 4.66. The van der Waals surface area contributed by atoms with E-state index in [1.807, 2.05) is 0 Å². The molecule has 1 nitrogen and oxygen atoms in total. The molecule has 5 heteroatoms. The van der Waals surface area contributed by atoms with Crippen molar-refractivity contribution < 1.29 is 13.2 Å². The van der Waals surface area contributed by atoms with Crippen LogP contribution in [0.2, 0.25) is 0 Å². The van der Waals surface area contributed by atoms with Crippen molar-refractivity contribution in [2.75, 3.05) is 18.8 Å². The van der Waals surface area contributed by atoms with Gasteiger partial charge in [0.1, 0.15) is 0 Å². The normalized spacial score (nSPS) is 21.7. The molecule has 0 saturated carbocycles. The van der Waals surface area contributed by atoms with Crippen molar-refractivity contribution in [3.05, 3.63) is 35.1 Å². The molecule has 1 aliphatic rings. The minimum atomic E-state index is -1.38. The van der Waals surface area contributed by atoms with Crippen LogP contribution in [0.15, 0.2) is 12.1 Å². The predicted molar refractivity (Wildman–Crippen MR) is 54.4 cm³/mol. The average molecular weight is 233 g/mol. The monoisotopic (exact) mass is 233 g/mol. The number of rotatable bonds is 1. The molecule has 1 saturated heterocycles. The highest BCUT2D eigenvalue weighted by atomic mass is 32.2. The molecule has 82 valence electrons. The first-order valence-corrected chi connectivity index (χ1v) is 5.70. The van der Waals surface area contributed by atoms with Crippen LogP contribution in [-0.4, -0.2) is 18.8 Å². The van der Waals surface area contributed by atoms with Crippen LogP contribution < -0.4 is 5.32 Å². The first kappa shape index (κ1) is 10.8. The lowest BCUT2D eigenvalue weighted by atomic mass is 10.1. The smallest absolute Gasteiger partial charge is 0.194 e. The molecule has 1 N–H and O–H groups in total. The van der Waals surface area contributed by atoms with Gasteiger partial charge in [0.25, 0.3) is 0 Å². The van der Waals surface area contributed by atoms with E-state index in [0.717, 1.165) is 18.4 Å². The van der Waals surface area contributed by atoms with E-state index in [1.165, 1.54) is 6.07 Å². The number of halogens is 3. The van der Waals surface area contributed by atoms with E-state index < -0.39 is 17.5 Å². The minimum absolute atomic E-state index is 0.131. The van der Waals surface area contributed by atoms with Gasteiger partial charge in [-0.25, -0.2) is 13.2 Å². The van der Waals surface area contributed by atoms with Crippen LogP contribution in [0, 0.1) is 17.5 Å². The SMILES string of the molecule is Fc1ccc(C2CNCCS2)c(F)c1F. The van der Waals surface area contributed by atoms with Crippen molar-refractivity contribution in [2.45, 2.75) is 5.25 Å². The Kier molecular flexibility index (Phi) is 3.21. The van der Waals surface area contributed by atoms with Gasteiger partial charge in [-0.3, -0.25) is 0 Å². The minimum Gasteiger partial charge on any atom is -0.314 e. The molecule has 0 bridgehead atoms. The van der Waals surface area contributed by atoms with E-state index in [4.69, 9.17) is 0 Å². The van der Waals surface area contributed by atoms with Crippen molar-refractivity contribution >= 4 is 11.8 Å². The maximum atomic E-state index is 13.4. The van der Waals surface area contributed by atoms with Gasteiger partial charge >= 0.3 is 0 Å². The van der Waals surface area contributed by atoms with Gasteiger partial charge in [-0.1, -0.05) is 6.07 Å². The second-order valence-electron chi connectivity index (χ2n) is 3.33. The van der Waals surface area contributed by atoms with Gasteiger partial charge in [-0.2, -0.15) is 11.8 Å². The Morgan fingerprint density at radius 3 is 2.67 bits per heavy atom. The summed E-state index contributed by atoms with van der Waals surface area (Å²) in [5.74, 6) is -2.72. The quantitative estimate of drug-likeness (QED) is 0.748. The summed E-state index contributed by atoms with van der Waals surface area (Å²) in [6.45, 7) is 1.46. The Labute approximate surface area is 90.1 Å². The number of hydrogen-bond donors (Lipinski definition) is 1. The van der Waals surface area contributed by atoms with Gasteiger partial charge in [-0.15, -0.1) is 0 Å². The molecule has 0 aliphatic carbocycles. The highest BCUT2D eigenvalue weighted by Gasteiger charge is 2.22. The Bertz CT molecular complexity index is 364. The van der Waals surface area contributed by atoms with E-state index in [0.29, 0.717) is 6.54 Å². The van der Waals surface area contributed by atoms with E-state index in [-0.39, 0.29) is 10.8 Å². The van der Waals surface area contributed by atoms with Crippen LogP contribution in [0.5, 0.6) is 0 Å². The molecule has 1 aliphatic heterocycles. The molecule has 2 rings (SSSR count). The summed E-state index contributed by atoms with van der Waals surface area (Å²) >= 11 is 1.55. The maximum absolute atomic E-state index is 13.4. The fourth-order valence-corrected chi connectivity index (χ4v) is 2.70. The Hall–Kier alpha value is -0.680. The molecule has 1 aromatic carbocycles. The summed E-state index contributed by atoms with van der Waals surface area (Å²) in [7, 11) is 0. The summed E-state index contributed by atoms with van der Waals surface area (Å²) in [5, 5.41) is 2.96. The highest BCUT2D eigenvalue weighted by molar-refractivity contribution is 7.99. The molecule has 0 amide bonds. The Balaban J connectivity index is 2.31. The molecule has 15 heavy (non-hydrogen) atoms. The Morgan fingerprint density at radius 1 is 1.20 bits per heavy atom. The number of thioether (sulfide) groups is 1. The zero-order chi connectivity index (χ0) is 10.8. The fraction of sp³-hybridized carbons (Fsp3) is 0.400. The zero-order valence-electron chi connectivity index (χ0n) is 7.90. The lowest BCUT2D eigenvalue weighted by molar-refractivity contribution is 0.439. The molecule has 1 unspecified atom stereocenters. The molecule has 1 atom stereocenters. The summed E-state index contributed by atoms with van der Waals surface area (Å²) < 4.78 is 39.0. The maximum Gasteiger partial charge on any atom is 0.194 e. The molecule has 1 aromatic rings. The molecule has 1 fully saturated rings. The molecule has 0 spiro atoms. The largest absolute Gasteiger partial charge is 0.314 e. The third kappa shape index (κ3) is 2.13. The summed E-state index contributed by atoms with van der Waals surface area (Å²) in [4.78, 5) is 0. The molecular weight excluding hydrogens is 223 g/mol. The van der Waals surface area contributed by atoms with Crippen molar-refractivity contribution in [3.8, 4) is 0 Å². The van der Waals surface area contributed by atoms with Crippen molar-refractivity contribution in [2.24, 2.45) is 0 Å². The summed E-state index contributed by atoms with van der Waals surface area (Å²) in [6.07, 6.45) is 0. The zero-order valence-corrected chi connectivity index (χ0v) is 8.71. The average Bonchev–Trinajstić information content (AvgIpc) is 2.27. The second-order valence-corrected chi connectivity index (χ2v) is 4.64. The standard InChI is InChI=1S/C10H10F3NS/c11-7-2-1-6(9(12)10(7)13)8-5-14-3-4-15-8/h1-2,8,14H,3-5H2. The van der Waals surface area contributed by atoms with Crippen molar-refractivity contribution in [3.63, 3.8) is 0 Å². The van der Waals surface area contributed by atoms with Gasteiger partial charge < -0.3 is 5.32 Å². The summed E-state index contributed by atoms with van der Waals surface area (Å²) in [6, 6.07) is 2.29. The molecule has 1 heterocycles. The predicted octanol–water partition coefficient (Wildman–Crippen LogP) is 2.48. The van der Waals surface area contributed by atoms with Crippen LogP contribution in [0.25, 0.3) is 0 Å². The lowest BCUT2D eigenvalue weighted by Crippen LogP contribution is -2.28. The van der Waals surface area contributed by atoms with E-state index in [9.17, 15) is 13.2 Å².